The van der Waals surface area contributed by atoms with Crippen molar-refractivity contribution in [3.63, 3.8) is 0 Å². The maximum absolute atomic E-state index is 12.3. The molecule has 4 rings (SSSR count). The van der Waals surface area contributed by atoms with Crippen molar-refractivity contribution in [2.24, 2.45) is 28.6 Å². The van der Waals surface area contributed by atoms with E-state index in [0.717, 1.165) is 32.1 Å². The molecule has 3 fully saturated rings. The molecule has 0 aromatic rings. The third kappa shape index (κ3) is 2.01. The molecule has 7 atom stereocenters. The molecule has 0 saturated heterocycles. The number of hydrogen-bond acceptors (Lipinski definition) is 4. The molecular formula is C21H30O4. The summed E-state index contributed by atoms with van der Waals surface area (Å²) in [7, 11) is 0. The lowest BCUT2D eigenvalue weighted by Crippen LogP contribution is -2.59. The van der Waals surface area contributed by atoms with Crippen LogP contribution in [0, 0.1) is 28.6 Å². The quantitative estimate of drug-likeness (QED) is 0.766. The first-order chi connectivity index (χ1) is 11.6. The molecule has 4 aliphatic carbocycles. The van der Waals surface area contributed by atoms with Crippen LogP contribution in [0.15, 0.2) is 11.6 Å². The molecule has 5 unspecified atom stereocenters. The lowest BCUT2D eigenvalue weighted by molar-refractivity contribution is -0.173. The Hall–Kier alpha value is -1.00. The predicted molar refractivity (Wildman–Crippen MR) is 93.7 cm³/mol. The molecule has 4 heteroatoms. The Balaban J connectivity index is 1.72. The van der Waals surface area contributed by atoms with Gasteiger partial charge in [0, 0.05) is 11.8 Å². The third-order valence-electron chi connectivity index (χ3n) is 8.72. The number of Topliss-reactive ketones (excluding diaryl/α,β-unsaturated/α-hetero) is 1. The summed E-state index contributed by atoms with van der Waals surface area (Å²) in [4.78, 5) is 24.1. The molecule has 0 aliphatic heterocycles. The molecule has 4 aliphatic rings. The van der Waals surface area contributed by atoms with Crippen molar-refractivity contribution in [1.82, 2.24) is 0 Å². The zero-order valence-corrected chi connectivity index (χ0v) is 15.5. The second-order valence-corrected chi connectivity index (χ2v) is 9.50. The van der Waals surface area contributed by atoms with Gasteiger partial charge in [0.1, 0.15) is 0 Å². The van der Waals surface area contributed by atoms with Crippen LogP contribution in [0.3, 0.4) is 0 Å². The summed E-state index contributed by atoms with van der Waals surface area (Å²) in [6.45, 7) is 5.75. The van der Waals surface area contributed by atoms with Gasteiger partial charge in [0.25, 0.3) is 0 Å². The summed E-state index contributed by atoms with van der Waals surface area (Å²) in [6, 6.07) is 0. The topological polar surface area (TPSA) is 74.6 Å². The van der Waals surface area contributed by atoms with Gasteiger partial charge in [-0.1, -0.05) is 19.4 Å². The minimum atomic E-state index is -1.61. The lowest BCUT2D eigenvalue weighted by atomic mass is 9.46. The lowest BCUT2D eigenvalue weighted by Gasteiger charge is -2.58. The minimum Gasteiger partial charge on any atom is -0.390 e. The van der Waals surface area contributed by atoms with Crippen LogP contribution in [0.2, 0.25) is 0 Å². The zero-order valence-electron chi connectivity index (χ0n) is 15.5. The first kappa shape index (κ1) is 17.4. The van der Waals surface area contributed by atoms with E-state index in [1.807, 2.05) is 13.0 Å². The number of allylic oxidation sites excluding steroid dienone is 1. The van der Waals surface area contributed by atoms with Crippen LogP contribution >= 0.6 is 0 Å². The summed E-state index contributed by atoms with van der Waals surface area (Å²) in [6.07, 6.45) is 6.66. The second-order valence-electron chi connectivity index (χ2n) is 9.50. The fourth-order valence-corrected chi connectivity index (χ4v) is 7.22. The van der Waals surface area contributed by atoms with E-state index in [4.69, 9.17) is 0 Å². The molecule has 2 N–H and O–H groups in total. The highest BCUT2D eigenvalue weighted by atomic mass is 16.4. The fourth-order valence-electron chi connectivity index (χ4n) is 7.22. The fraction of sp³-hybridized carbons (Fsp3) is 0.810. The Kier molecular flexibility index (Phi) is 3.66. The van der Waals surface area contributed by atoms with E-state index in [-0.39, 0.29) is 22.9 Å². The molecular weight excluding hydrogens is 316 g/mol. The van der Waals surface area contributed by atoms with Crippen molar-refractivity contribution in [1.29, 1.82) is 0 Å². The van der Waals surface area contributed by atoms with Crippen LogP contribution < -0.4 is 0 Å². The first-order valence-corrected chi connectivity index (χ1v) is 9.80. The number of ketones is 2. The van der Waals surface area contributed by atoms with Crippen LogP contribution in [0.1, 0.15) is 65.7 Å². The van der Waals surface area contributed by atoms with E-state index < -0.39 is 17.1 Å². The second kappa shape index (κ2) is 5.26. The van der Waals surface area contributed by atoms with Crippen LogP contribution in [0.5, 0.6) is 0 Å². The summed E-state index contributed by atoms with van der Waals surface area (Å²) in [5.41, 5.74) is -0.766. The van der Waals surface area contributed by atoms with Crippen molar-refractivity contribution in [2.45, 2.75) is 77.4 Å². The molecule has 0 spiro atoms. The van der Waals surface area contributed by atoms with Crippen molar-refractivity contribution in [3.8, 4) is 0 Å². The number of carbonyl (C=O) groups is 2. The van der Waals surface area contributed by atoms with E-state index in [1.54, 1.807) is 0 Å². The Labute approximate surface area is 149 Å². The van der Waals surface area contributed by atoms with Gasteiger partial charge in [0.2, 0.25) is 0 Å². The molecule has 0 amide bonds. The Morgan fingerprint density at radius 1 is 1.16 bits per heavy atom. The van der Waals surface area contributed by atoms with Gasteiger partial charge in [-0.25, -0.2) is 0 Å². The standard InChI is InChI=1S/C21H30O4/c1-12(22)21(25)18(24)11-17-15-5-4-13-10-14(23)6-8-19(13,2)16(15)7-9-20(17,21)3/h10,15-18,24-25H,4-9,11H2,1-3H3/t15?,16?,17?,18-,19?,20?,21-/m1/s1. The molecule has 0 aromatic heterocycles. The number of aliphatic hydroxyl groups excluding tert-OH is 1. The molecule has 0 aromatic carbocycles. The third-order valence-corrected chi connectivity index (χ3v) is 8.72. The van der Waals surface area contributed by atoms with Crippen molar-refractivity contribution in [3.05, 3.63) is 11.6 Å². The number of hydrogen-bond donors (Lipinski definition) is 2. The normalized spacial score (nSPS) is 52.0. The van der Waals surface area contributed by atoms with Gasteiger partial charge in [0.05, 0.1) is 6.10 Å². The van der Waals surface area contributed by atoms with E-state index in [0.29, 0.717) is 24.7 Å². The minimum absolute atomic E-state index is 0.0695. The molecule has 0 radical (unpaired) electrons. The van der Waals surface area contributed by atoms with Gasteiger partial charge in [0.15, 0.2) is 17.2 Å². The van der Waals surface area contributed by atoms with E-state index in [9.17, 15) is 19.8 Å². The summed E-state index contributed by atoms with van der Waals surface area (Å²) >= 11 is 0. The number of fused-ring (bicyclic) bond motifs is 5. The molecule has 138 valence electrons. The molecule has 25 heavy (non-hydrogen) atoms. The van der Waals surface area contributed by atoms with E-state index in [2.05, 4.69) is 6.92 Å². The van der Waals surface area contributed by atoms with E-state index >= 15 is 0 Å². The smallest absolute Gasteiger partial charge is 0.164 e. The summed E-state index contributed by atoms with van der Waals surface area (Å²) in [5, 5.41) is 21.8. The molecule has 3 saturated carbocycles. The van der Waals surface area contributed by atoms with Gasteiger partial charge in [-0.15, -0.1) is 0 Å². The van der Waals surface area contributed by atoms with Gasteiger partial charge in [-0.2, -0.15) is 0 Å². The first-order valence-electron chi connectivity index (χ1n) is 9.80. The van der Waals surface area contributed by atoms with Gasteiger partial charge < -0.3 is 10.2 Å². The maximum Gasteiger partial charge on any atom is 0.164 e. The van der Waals surface area contributed by atoms with Gasteiger partial charge in [-0.05, 0) is 74.7 Å². The highest BCUT2D eigenvalue weighted by molar-refractivity contribution is 5.91. The maximum atomic E-state index is 12.3. The van der Waals surface area contributed by atoms with Crippen molar-refractivity contribution in [2.75, 3.05) is 0 Å². The Bertz CT molecular complexity index is 667. The number of aliphatic hydroxyl groups is 2. The van der Waals surface area contributed by atoms with Crippen molar-refractivity contribution < 1.29 is 19.8 Å². The van der Waals surface area contributed by atoms with Crippen LogP contribution in [0.4, 0.5) is 0 Å². The van der Waals surface area contributed by atoms with Crippen LogP contribution in [0.25, 0.3) is 0 Å². The van der Waals surface area contributed by atoms with Crippen molar-refractivity contribution >= 4 is 11.6 Å². The van der Waals surface area contributed by atoms with Crippen LogP contribution in [-0.2, 0) is 9.59 Å². The summed E-state index contributed by atoms with van der Waals surface area (Å²) < 4.78 is 0. The average Bonchev–Trinajstić information content (AvgIpc) is 2.77. The SMILES string of the molecule is CC(=O)[C@@]1(O)[C@H](O)CC2C3CCC4=CC(=O)CCC4(C)C3CCC21C. The van der Waals surface area contributed by atoms with Gasteiger partial charge in [-0.3, -0.25) is 9.59 Å². The Morgan fingerprint density at radius 3 is 2.56 bits per heavy atom. The number of rotatable bonds is 1. The molecule has 0 bridgehead atoms. The molecule has 4 nitrogen and oxygen atoms in total. The van der Waals surface area contributed by atoms with E-state index in [1.165, 1.54) is 12.5 Å². The predicted octanol–water partition coefficient (Wildman–Crippen LogP) is 2.81. The highest BCUT2D eigenvalue weighted by Crippen LogP contribution is 2.67. The average molecular weight is 346 g/mol. The largest absolute Gasteiger partial charge is 0.390 e. The summed E-state index contributed by atoms with van der Waals surface area (Å²) in [5.74, 6) is 1.03. The monoisotopic (exact) mass is 346 g/mol. The number of carbonyl (C=O) groups excluding carboxylic acids is 2. The zero-order chi connectivity index (χ0) is 18.2. The Morgan fingerprint density at radius 2 is 1.88 bits per heavy atom. The van der Waals surface area contributed by atoms with Crippen LogP contribution in [-0.4, -0.2) is 33.5 Å². The highest BCUT2D eigenvalue weighted by Gasteiger charge is 2.69. The molecule has 0 heterocycles. The van der Waals surface area contributed by atoms with Gasteiger partial charge >= 0.3 is 0 Å².